The van der Waals surface area contributed by atoms with E-state index in [2.05, 4.69) is 90.5 Å². The van der Waals surface area contributed by atoms with Gasteiger partial charge in [-0.1, -0.05) is 67.0 Å². The molecule has 2 aromatic carbocycles. The molecule has 0 unspecified atom stereocenters. The van der Waals surface area contributed by atoms with Crippen molar-refractivity contribution >= 4 is 21.6 Å². The first kappa shape index (κ1) is 14.1. The Bertz CT molecular complexity index is 538. The van der Waals surface area contributed by atoms with Crippen LogP contribution < -0.4 is 5.32 Å². The zero-order chi connectivity index (χ0) is 13.9. The molecule has 0 atom stereocenters. The fourth-order valence-corrected chi connectivity index (χ4v) is 2.36. The second-order valence-corrected chi connectivity index (χ2v) is 6.69. The van der Waals surface area contributed by atoms with E-state index in [-0.39, 0.29) is 5.41 Å². The number of benzene rings is 2. The van der Waals surface area contributed by atoms with Crippen molar-refractivity contribution in [3.05, 3.63) is 64.1 Å². The molecule has 1 nitrogen and oxygen atoms in total. The van der Waals surface area contributed by atoms with E-state index >= 15 is 0 Å². The lowest BCUT2D eigenvalue weighted by molar-refractivity contribution is 0.591. The van der Waals surface area contributed by atoms with Crippen LogP contribution in [0.4, 0.5) is 5.69 Å². The topological polar surface area (TPSA) is 12.0 Å². The highest BCUT2D eigenvalue weighted by Crippen LogP contribution is 2.29. The molecule has 0 heterocycles. The molecule has 2 heteroatoms. The van der Waals surface area contributed by atoms with Gasteiger partial charge in [0.1, 0.15) is 0 Å². The van der Waals surface area contributed by atoms with Crippen molar-refractivity contribution in [3.8, 4) is 0 Å². The summed E-state index contributed by atoms with van der Waals surface area (Å²) in [7, 11) is 0. The molecule has 0 saturated carbocycles. The van der Waals surface area contributed by atoms with Crippen molar-refractivity contribution in [2.24, 2.45) is 0 Å². The van der Waals surface area contributed by atoms with Crippen LogP contribution in [0.1, 0.15) is 31.9 Å². The first-order valence-corrected chi connectivity index (χ1v) is 7.34. The SMILES string of the molecule is CC(C)(C)c1ccccc1NCc1ccc(Br)cc1. The van der Waals surface area contributed by atoms with E-state index in [1.54, 1.807) is 0 Å². The quantitative estimate of drug-likeness (QED) is 0.803. The number of anilines is 1. The lowest BCUT2D eigenvalue weighted by Crippen LogP contribution is -2.14. The molecular weight excluding hydrogens is 298 g/mol. The minimum absolute atomic E-state index is 0.156. The van der Waals surface area contributed by atoms with Crippen LogP contribution in [-0.4, -0.2) is 0 Å². The van der Waals surface area contributed by atoms with Gasteiger partial charge in [0.15, 0.2) is 0 Å². The summed E-state index contributed by atoms with van der Waals surface area (Å²) in [6.45, 7) is 7.58. The minimum atomic E-state index is 0.156. The summed E-state index contributed by atoms with van der Waals surface area (Å²) in [6, 6.07) is 17.0. The second kappa shape index (κ2) is 5.79. The second-order valence-electron chi connectivity index (χ2n) is 5.78. The van der Waals surface area contributed by atoms with E-state index in [1.807, 2.05) is 0 Å². The Morgan fingerprint density at radius 1 is 0.947 bits per heavy atom. The number of hydrogen-bond acceptors (Lipinski definition) is 1. The van der Waals surface area contributed by atoms with Gasteiger partial charge < -0.3 is 5.32 Å². The molecule has 0 bridgehead atoms. The Morgan fingerprint density at radius 3 is 2.21 bits per heavy atom. The molecule has 0 aliphatic carbocycles. The number of nitrogens with one attached hydrogen (secondary N) is 1. The summed E-state index contributed by atoms with van der Waals surface area (Å²) in [5.41, 5.74) is 4.01. The van der Waals surface area contributed by atoms with Crippen LogP contribution in [0.15, 0.2) is 53.0 Å². The molecule has 0 amide bonds. The van der Waals surface area contributed by atoms with E-state index in [1.165, 1.54) is 16.8 Å². The third-order valence-corrected chi connectivity index (χ3v) is 3.66. The van der Waals surface area contributed by atoms with Gasteiger partial charge in [-0.2, -0.15) is 0 Å². The number of para-hydroxylation sites is 1. The van der Waals surface area contributed by atoms with Crippen LogP contribution >= 0.6 is 15.9 Å². The molecule has 2 aromatic rings. The molecule has 0 saturated heterocycles. The fraction of sp³-hybridized carbons (Fsp3) is 0.294. The predicted molar refractivity (Wildman–Crippen MR) is 86.6 cm³/mol. The van der Waals surface area contributed by atoms with Crippen LogP contribution in [0.2, 0.25) is 0 Å². The summed E-state index contributed by atoms with van der Waals surface area (Å²) in [4.78, 5) is 0. The predicted octanol–water partition coefficient (Wildman–Crippen LogP) is 5.36. The van der Waals surface area contributed by atoms with Gasteiger partial charge in [-0.15, -0.1) is 0 Å². The molecule has 0 radical (unpaired) electrons. The van der Waals surface area contributed by atoms with Crippen LogP contribution in [0.3, 0.4) is 0 Å². The highest BCUT2D eigenvalue weighted by molar-refractivity contribution is 9.10. The molecule has 0 aliphatic heterocycles. The summed E-state index contributed by atoms with van der Waals surface area (Å²) in [5.74, 6) is 0. The molecule has 0 aromatic heterocycles. The van der Waals surface area contributed by atoms with E-state index < -0.39 is 0 Å². The third-order valence-electron chi connectivity index (χ3n) is 3.13. The van der Waals surface area contributed by atoms with Crippen LogP contribution in [0, 0.1) is 0 Å². The van der Waals surface area contributed by atoms with E-state index in [9.17, 15) is 0 Å². The van der Waals surface area contributed by atoms with Crippen molar-refractivity contribution in [3.63, 3.8) is 0 Å². The third kappa shape index (κ3) is 3.84. The molecule has 0 spiro atoms. The van der Waals surface area contributed by atoms with E-state index in [4.69, 9.17) is 0 Å². The smallest absolute Gasteiger partial charge is 0.0400 e. The lowest BCUT2D eigenvalue weighted by Gasteiger charge is -2.23. The normalized spacial score (nSPS) is 11.4. The minimum Gasteiger partial charge on any atom is -0.381 e. The van der Waals surface area contributed by atoms with Crippen LogP contribution in [-0.2, 0) is 12.0 Å². The Labute approximate surface area is 124 Å². The number of rotatable bonds is 3. The van der Waals surface area contributed by atoms with Gasteiger partial charge in [0.05, 0.1) is 0 Å². The fourth-order valence-electron chi connectivity index (χ4n) is 2.09. The Kier molecular flexibility index (Phi) is 4.31. The van der Waals surface area contributed by atoms with Crippen molar-refractivity contribution < 1.29 is 0 Å². The van der Waals surface area contributed by atoms with Gasteiger partial charge in [0.2, 0.25) is 0 Å². The van der Waals surface area contributed by atoms with Crippen molar-refractivity contribution in [2.45, 2.75) is 32.7 Å². The molecular formula is C17H20BrN. The van der Waals surface area contributed by atoms with Gasteiger partial charge in [-0.05, 0) is 34.7 Å². The maximum absolute atomic E-state index is 3.54. The van der Waals surface area contributed by atoms with Gasteiger partial charge in [-0.3, -0.25) is 0 Å². The van der Waals surface area contributed by atoms with Gasteiger partial charge in [0.25, 0.3) is 0 Å². The average Bonchev–Trinajstić information content (AvgIpc) is 2.37. The summed E-state index contributed by atoms with van der Waals surface area (Å²) < 4.78 is 1.12. The van der Waals surface area contributed by atoms with Gasteiger partial charge in [0, 0.05) is 16.7 Å². The Morgan fingerprint density at radius 2 is 1.58 bits per heavy atom. The molecule has 0 fully saturated rings. The Balaban J connectivity index is 2.14. The van der Waals surface area contributed by atoms with Gasteiger partial charge in [-0.25, -0.2) is 0 Å². The van der Waals surface area contributed by atoms with E-state index in [0.717, 1.165) is 11.0 Å². The van der Waals surface area contributed by atoms with Gasteiger partial charge >= 0.3 is 0 Å². The molecule has 19 heavy (non-hydrogen) atoms. The Hall–Kier alpha value is -1.28. The highest BCUT2D eigenvalue weighted by atomic mass is 79.9. The monoisotopic (exact) mass is 317 g/mol. The number of hydrogen-bond donors (Lipinski definition) is 1. The summed E-state index contributed by atoms with van der Waals surface area (Å²) >= 11 is 3.46. The van der Waals surface area contributed by atoms with Crippen LogP contribution in [0.5, 0.6) is 0 Å². The lowest BCUT2D eigenvalue weighted by atomic mass is 9.86. The summed E-state index contributed by atoms with van der Waals surface area (Å²) in [6.07, 6.45) is 0. The molecule has 1 N–H and O–H groups in total. The number of halogens is 1. The zero-order valence-corrected chi connectivity index (χ0v) is 13.3. The van der Waals surface area contributed by atoms with Crippen LogP contribution in [0.25, 0.3) is 0 Å². The maximum Gasteiger partial charge on any atom is 0.0400 e. The first-order chi connectivity index (χ1) is 8.97. The van der Waals surface area contributed by atoms with Crippen molar-refractivity contribution in [1.82, 2.24) is 0 Å². The highest BCUT2D eigenvalue weighted by Gasteiger charge is 2.16. The summed E-state index contributed by atoms with van der Waals surface area (Å²) in [5, 5.41) is 3.54. The standard InChI is InChI=1S/C17H20BrN/c1-17(2,3)15-6-4-5-7-16(15)19-12-13-8-10-14(18)11-9-13/h4-11,19H,12H2,1-3H3. The first-order valence-electron chi connectivity index (χ1n) is 6.54. The average molecular weight is 318 g/mol. The maximum atomic E-state index is 3.54. The zero-order valence-electron chi connectivity index (χ0n) is 11.7. The van der Waals surface area contributed by atoms with Crippen molar-refractivity contribution in [1.29, 1.82) is 0 Å². The van der Waals surface area contributed by atoms with Crippen molar-refractivity contribution in [2.75, 3.05) is 5.32 Å². The molecule has 100 valence electrons. The molecule has 2 rings (SSSR count). The molecule has 0 aliphatic rings. The largest absolute Gasteiger partial charge is 0.381 e. The van der Waals surface area contributed by atoms with E-state index in [0.29, 0.717) is 0 Å².